The summed E-state index contributed by atoms with van der Waals surface area (Å²) in [5.41, 5.74) is 2.06. The molecule has 0 unspecified atom stereocenters. The average Bonchev–Trinajstić information content (AvgIpc) is 3.03. The van der Waals surface area contributed by atoms with E-state index in [2.05, 4.69) is 4.98 Å². The van der Waals surface area contributed by atoms with E-state index in [9.17, 15) is 10.2 Å². The van der Waals surface area contributed by atoms with Crippen molar-refractivity contribution in [3.05, 3.63) is 41.8 Å². The van der Waals surface area contributed by atoms with Crippen LogP contribution < -0.4 is 9.47 Å². The molecular formula is C17H15NO4S. The van der Waals surface area contributed by atoms with Gasteiger partial charge >= 0.3 is 0 Å². The molecule has 23 heavy (non-hydrogen) atoms. The second-order valence-electron chi connectivity index (χ2n) is 4.81. The number of hydrogen-bond donors (Lipinski definition) is 2. The molecule has 1 heterocycles. The van der Waals surface area contributed by atoms with Crippen LogP contribution in [0.1, 0.15) is 0 Å². The van der Waals surface area contributed by atoms with Gasteiger partial charge in [-0.1, -0.05) is 0 Å². The molecule has 0 spiro atoms. The Labute approximate surface area is 137 Å². The molecule has 0 radical (unpaired) electrons. The number of nitrogens with zero attached hydrogens (tertiary/aromatic N) is 1. The molecule has 0 saturated carbocycles. The third-order valence-electron chi connectivity index (χ3n) is 3.40. The van der Waals surface area contributed by atoms with Crippen molar-refractivity contribution in [2.45, 2.75) is 0 Å². The number of ether oxygens (including phenoxy) is 2. The van der Waals surface area contributed by atoms with Crippen LogP contribution in [-0.2, 0) is 0 Å². The number of phenols is 2. The SMILES string of the molecule is COc1ccc(-c2nc(-c3ccc(O)cc3O)cs2)c(OC)c1. The highest BCUT2D eigenvalue weighted by molar-refractivity contribution is 7.13. The minimum atomic E-state index is -0.0106. The summed E-state index contributed by atoms with van der Waals surface area (Å²) >= 11 is 1.45. The number of benzene rings is 2. The summed E-state index contributed by atoms with van der Waals surface area (Å²) in [5.74, 6) is 1.38. The lowest BCUT2D eigenvalue weighted by molar-refractivity contribution is 0.395. The lowest BCUT2D eigenvalue weighted by atomic mass is 10.1. The van der Waals surface area contributed by atoms with E-state index in [-0.39, 0.29) is 11.5 Å². The van der Waals surface area contributed by atoms with Gasteiger partial charge in [-0.25, -0.2) is 4.98 Å². The Morgan fingerprint density at radius 1 is 0.957 bits per heavy atom. The standard InChI is InChI=1S/C17H15NO4S/c1-21-11-4-6-13(16(8-11)22-2)17-18-14(9-23-17)12-5-3-10(19)7-15(12)20/h3-9,19-20H,1-2H3. The van der Waals surface area contributed by atoms with Crippen molar-refractivity contribution in [1.29, 1.82) is 0 Å². The van der Waals surface area contributed by atoms with E-state index in [4.69, 9.17) is 9.47 Å². The predicted molar refractivity (Wildman–Crippen MR) is 89.4 cm³/mol. The molecule has 5 nitrogen and oxygen atoms in total. The van der Waals surface area contributed by atoms with Crippen molar-refractivity contribution in [2.24, 2.45) is 0 Å². The Bertz CT molecular complexity index is 844. The number of thiazole rings is 1. The van der Waals surface area contributed by atoms with Crippen LogP contribution in [0, 0.1) is 0 Å². The maximum Gasteiger partial charge on any atom is 0.132 e. The van der Waals surface area contributed by atoms with Gasteiger partial charge in [-0.2, -0.15) is 0 Å². The summed E-state index contributed by atoms with van der Waals surface area (Å²) in [6, 6.07) is 9.97. The van der Waals surface area contributed by atoms with Gasteiger partial charge < -0.3 is 19.7 Å². The summed E-state index contributed by atoms with van der Waals surface area (Å²) in [5, 5.41) is 22.0. The molecule has 0 fully saturated rings. The van der Waals surface area contributed by atoms with Gasteiger partial charge in [-0.3, -0.25) is 0 Å². The molecule has 0 aliphatic carbocycles. The molecule has 0 bridgehead atoms. The maximum atomic E-state index is 9.96. The first-order valence-corrected chi connectivity index (χ1v) is 7.70. The zero-order valence-corrected chi connectivity index (χ0v) is 13.4. The Kier molecular flexibility index (Phi) is 4.08. The van der Waals surface area contributed by atoms with Gasteiger partial charge in [0.15, 0.2) is 0 Å². The van der Waals surface area contributed by atoms with Gasteiger partial charge in [0.05, 0.1) is 25.5 Å². The molecule has 2 aromatic carbocycles. The summed E-state index contributed by atoms with van der Waals surface area (Å²) in [4.78, 5) is 4.56. The van der Waals surface area contributed by atoms with Crippen molar-refractivity contribution >= 4 is 11.3 Å². The maximum absolute atomic E-state index is 9.96. The zero-order valence-electron chi connectivity index (χ0n) is 12.6. The molecule has 2 N–H and O–H groups in total. The first-order chi connectivity index (χ1) is 11.1. The quantitative estimate of drug-likeness (QED) is 0.759. The fraction of sp³-hybridized carbons (Fsp3) is 0.118. The van der Waals surface area contributed by atoms with Crippen LogP contribution in [0.5, 0.6) is 23.0 Å². The first kappa shape index (κ1) is 15.2. The normalized spacial score (nSPS) is 10.5. The van der Waals surface area contributed by atoms with Crippen LogP contribution in [0.2, 0.25) is 0 Å². The lowest BCUT2D eigenvalue weighted by Gasteiger charge is -2.08. The largest absolute Gasteiger partial charge is 0.508 e. The van der Waals surface area contributed by atoms with E-state index in [0.29, 0.717) is 22.8 Å². The molecule has 0 amide bonds. The predicted octanol–water partition coefficient (Wildman–Crippen LogP) is 3.91. The van der Waals surface area contributed by atoms with Crippen molar-refractivity contribution < 1.29 is 19.7 Å². The van der Waals surface area contributed by atoms with Gasteiger partial charge in [0.2, 0.25) is 0 Å². The van der Waals surface area contributed by atoms with Gasteiger partial charge in [-0.05, 0) is 24.3 Å². The lowest BCUT2D eigenvalue weighted by Crippen LogP contribution is -1.90. The Balaban J connectivity index is 2.02. The fourth-order valence-electron chi connectivity index (χ4n) is 2.23. The van der Waals surface area contributed by atoms with Gasteiger partial charge in [-0.15, -0.1) is 11.3 Å². The topological polar surface area (TPSA) is 71.8 Å². The van der Waals surface area contributed by atoms with Crippen molar-refractivity contribution in [2.75, 3.05) is 14.2 Å². The second-order valence-corrected chi connectivity index (χ2v) is 5.66. The Hall–Kier alpha value is -2.73. The molecular weight excluding hydrogens is 314 g/mol. The zero-order chi connectivity index (χ0) is 16.4. The van der Waals surface area contributed by atoms with E-state index >= 15 is 0 Å². The highest BCUT2D eigenvalue weighted by Crippen LogP contribution is 2.38. The average molecular weight is 329 g/mol. The minimum Gasteiger partial charge on any atom is -0.508 e. The number of aromatic hydroxyl groups is 2. The second kappa shape index (κ2) is 6.18. The van der Waals surface area contributed by atoms with Crippen LogP contribution in [0.25, 0.3) is 21.8 Å². The number of aromatic nitrogens is 1. The fourth-order valence-corrected chi connectivity index (χ4v) is 3.08. The number of hydrogen-bond acceptors (Lipinski definition) is 6. The summed E-state index contributed by atoms with van der Waals surface area (Å²) in [6.45, 7) is 0. The van der Waals surface area contributed by atoms with E-state index < -0.39 is 0 Å². The third-order valence-corrected chi connectivity index (χ3v) is 4.28. The summed E-state index contributed by atoms with van der Waals surface area (Å²) in [6.07, 6.45) is 0. The van der Waals surface area contributed by atoms with E-state index in [0.717, 1.165) is 10.6 Å². The summed E-state index contributed by atoms with van der Waals surface area (Å²) < 4.78 is 10.6. The highest BCUT2D eigenvalue weighted by Gasteiger charge is 2.14. The molecule has 0 atom stereocenters. The van der Waals surface area contributed by atoms with Crippen molar-refractivity contribution in [1.82, 2.24) is 4.98 Å². The van der Waals surface area contributed by atoms with Crippen LogP contribution in [0.3, 0.4) is 0 Å². The van der Waals surface area contributed by atoms with Crippen LogP contribution in [0.4, 0.5) is 0 Å². The van der Waals surface area contributed by atoms with Crippen molar-refractivity contribution in [3.63, 3.8) is 0 Å². The number of rotatable bonds is 4. The highest BCUT2D eigenvalue weighted by atomic mass is 32.1. The molecule has 0 aliphatic rings. The van der Waals surface area contributed by atoms with Crippen molar-refractivity contribution in [3.8, 4) is 44.8 Å². The first-order valence-electron chi connectivity index (χ1n) is 6.82. The minimum absolute atomic E-state index is 0.0106. The van der Waals surface area contributed by atoms with Gasteiger partial charge in [0.1, 0.15) is 28.0 Å². The van der Waals surface area contributed by atoms with Gasteiger partial charge in [0.25, 0.3) is 0 Å². The number of phenolic OH excluding ortho intramolecular Hbond substituents is 2. The molecule has 0 aliphatic heterocycles. The van der Waals surface area contributed by atoms with Crippen LogP contribution in [-0.4, -0.2) is 29.4 Å². The summed E-state index contributed by atoms with van der Waals surface area (Å²) in [7, 11) is 3.20. The monoisotopic (exact) mass is 329 g/mol. The van der Waals surface area contributed by atoms with E-state index in [1.807, 2.05) is 17.5 Å². The smallest absolute Gasteiger partial charge is 0.132 e. The molecule has 1 aromatic heterocycles. The Morgan fingerprint density at radius 2 is 1.74 bits per heavy atom. The van der Waals surface area contributed by atoms with Gasteiger partial charge in [0, 0.05) is 23.1 Å². The number of methoxy groups -OCH3 is 2. The molecule has 3 rings (SSSR count). The Morgan fingerprint density at radius 3 is 2.43 bits per heavy atom. The molecule has 6 heteroatoms. The van der Waals surface area contributed by atoms with E-state index in [1.54, 1.807) is 26.4 Å². The van der Waals surface area contributed by atoms with E-state index in [1.165, 1.54) is 23.5 Å². The van der Waals surface area contributed by atoms with Crippen LogP contribution >= 0.6 is 11.3 Å². The molecule has 0 saturated heterocycles. The third kappa shape index (κ3) is 2.93. The molecule has 3 aromatic rings. The van der Waals surface area contributed by atoms with Crippen LogP contribution in [0.15, 0.2) is 41.8 Å². The molecule has 118 valence electrons.